The third-order valence-corrected chi connectivity index (χ3v) is 7.15. The number of nitrogens with two attached hydrogens (primary N) is 1. The van der Waals surface area contributed by atoms with E-state index in [-0.39, 0.29) is 24.0 Å². The molecule has 1 heterocycles. The number of rotatable bonds is 6. The lowest BCUT2D eigenvalue weighted by Gasteiger charge is -2.54. The van der Waals surface area contributed by atoms with Gasteiger partial charge in [0.15, 0.2) is 0 Å². The second-order valence-electron chi connectivity index (χ2n) is 8.49. The summed E-state index contributed by atoms with van der Waals surface area (Å²) in [6.07, 6.45) is 8.00. The molecule has 0 spiro atoms. The van der Waals surface area contributed by atoms with E-state index in [2.05, 4.69) is 17.0 Å². The molecule has 3 saturated carbocycles. The number of hydrogen-bond acceptors (Lipinski definition) is 3. The molecule has 2 N–H and O–H groups in total. The second-order valence-corrected chi connectivity index (χ2v) is 8.49. The van der Waals surface area contributed by atoms with Crippen LogP contribution in [0, 0.1) is 5.41 Å². The standard InChI is InChI=1S/C22H29FN2O2/c23-14-17(15-24)16-27-19-4-2-18(3-5-19)21-6-9-22(10-7-21,11-8-21)20(26)25-12-1-13-25/h2-5,14H,1,6-13,15-16,24H2. The van der Waals surface area contributed by atoms with Crippen molar-refractivity contribution in [2.24, 2.45) is 11.1 Å². The molecule has 3 aliphatic carbocycles. The minimum Gasteiger partial charge on any atom is -0.489 e. The van der Waals surface area contributed by atoms with Crippen molar-refractivity contribution in [3.63, 3.8) is 0 Å². The van der Waals surface area contributed by atoms with Gasteiger partial charge in [0, 0.05) is 30.6 Å². The number of nitrogens with zero attached hydrogens (tertiary/aromatic N) is 1. The van der Waals surface area contributed by atoms with Gasteiger partial charge >= 0.3 is 0 Å². The highest BCUT2D eigenvalue weighted by atomic mass is 19.1. The average Bonchev–Trinajstić information content (AvgIpc) is 2.69. The summed E-state index contributed by atoms with van der Waals surface area (Å²) in [5, 5.41) is 0. The summed E-state index contributed by atoms with van der Waals surface area (Å²) < 4.78 is 18.2. The molecule has 1 aromatic rings. The quantitative estimate of drug-likeness (QED) is 0.828. The van der Waals surface area contributed by atoms with Gasteiger partial charge in [-0.3, -0.25) is 4.79 Å². The Bertz CT molecular complexity index is 700. The maximum absolute atomic E-state index is 12.9. The van der Waals surface area contributed by atoms with Crippen LogP contribution in [0.5, 0.6) is 5.75 Å². The lowest BCUT2D eigenvalue weighted by Crippen LogP contribution is -2.55. The number of carbonyl (C=O) groups excluding carboxylic acids is 1. The Labute approximate surface area is 160 Å². The van der Waals surface area contributed by atoms with Crippen molar-refractivity contribution in [3.8, 4) is 5.75 Å². The first kappa shape index (κ1) is 18.5. The maximum Gasteiger partial charge on any atom is 0.228 e. The molecule has 0 radical (unpaired) electrons. The highest BCUT2D eigenvalue weighted by Crippen LogP contribution is 2.58. The normalized spacial score (nSPS) is 30.1. The van der Waals surface area contributed by atoms with Gasteiger partial charge in [-0.2, -0.15) is 0 Å². The lowest BCUT2D eigenvalue weighted by molar-refractivity contribution is -0.153. The van der Waals surface area contributed by atoms with Crippen LogP contribution in [0.2, 0.25) is 0 Å². The van der Waals surface area contributed by atoms with Crippen LogP contribution in [-0.4, -0.2) is 37.0 Å². The van der Waals surface area contributed by atoms with E-state index in [4.69, 9.17) is 10.5 Å². The molecule has 0 unspecified atom stereocenters. The van der Waals surface area contributed by atoms with Crippen molar-refractivity contribution >= 4 is 5.91 Å². The fourth-order valence-electron chi connectivity index (χ4n) is 5.01. The zero-order valence-corrected chi connectivity index (χ0v) is 15.9. The molecule has 1 aliphatic heterocycles. The molecule has 0 aromatic heterocycles. The van der Waals surface area contributed by atoms with E-state index in [1.165, 1.54) is 5.56 Å². The van der Waals surface area contributed by atoms with Crippen molar-refractivity contribution < 1.29 is 13.9 Å². The Balaban J connectivity index is 1.41. The average molecular weight is 372 g/mol. The summed E-state index contributed by atoms with van der Waals surface area (Å²) in [5.41, 5.74) is 7.37. The molecule has 0 atom stereocenters. The molecular formula is C22H29FN2O2. The van der Waals surface area contributed by atoms with Crippen LogP contribution in [0.15, 0.2) is 36.2 Å². The Hall–Kier alpha value is -1.88. The summed E-state index contributed by atoms with van der Waals surface area (Å²) in [4.78, 5) is 15.0. The number of benzene rings is 1. The van der Waals surface area contributed by atoms with E-state index in [1.807, 2.05) is 12.1 Å². The topological polar surface area (TPSA) is 55.6 Å². The zero-order valence-electron chi connectivity index (χ0n) is 15.9. The minimum absolute atomic E-state index is 0.0808. The Morgan fingerprint density at radius 3 is 2.22 bits per heavy atom. The number of hydrogen-bond donors (Lipinski definition) is 1. The van der Waals surface area contributed by atoms with Gasteiger partial charge in [0.05, 0.1) is 6.33 Å². The molecule has 1 aromatic carbocycles. The minimum atomic E-state index is -0.0808. The molecule has 4 fully saturated rings. The smallest absolute Gasteiger partial charge is 0.228 e. The first-order valence-corrected chi connectivity index (χ1v) is 10.1. The molecule has 5 heteroatoms. The van der Waals surface area contributed by atoms with Crippen LogP contribution in [0.25, 0.3) is 0 Å². The number of carbonyl (C=O) groups is 1. The van der Waals surface area contributed by atoms with Gasteiger partial charge in [-0.1, -0.05) is 12.1 Å². The van der Waals surface area contributed by atoms with Crippen LogP contribution in [0.1, 0.15) is 50.5 Å². The number of halogens is 1. The molecule has 1 amide bonds. The summed E-state index contributed by atoms with van der Waals surface area (Å²) in [6, 6.07) is 8.23. The molecule has 27 heavy (non-hydrogen) atoms. The summed E-state index contributed by atoms with van der Waals surface area (Å²) in [7, 11) is 0. The van der Waals surface area contributed by atoms with Crippen molar-refractivity contribution in [3.05, 3.63) is 41.7 Å². The second kappa shape index (κ2) is 7.27. The van der Waals surface area contributed by atoms with Crippen LogP contribution in [0.3, 0.4) is 0 Å². The van der Waals surface area contributed by atoms with Crippen molar-refractivity contribution in [2.45, 2.75) is 50.4 Å². The first-order valence-electron chi connectivity index (χ1n) is 10.1. The van der Waals surface area contributed by atoms with Gasteiger partial charge in [0.25, 0.3) is 0 Å². The summed E-state index contributed by atoms with van der Waals surface area (Å²) in [6.45, 7) is 2.25. The molecule has 4 nitrogen and oxygen atoms in total. The number of ether oxygens (including phenoxy) is 1. The van der Waals surface area contributed by atoms with E-state index >= 15 is 0 Å². The maximum atomic E-state index is 12.9. The predicted molar refractivity (Wildman–Crippen MR) is 103 cm³/mol. The largest absolute Gasteiger partial charge is 0.489 e. The highest BCUT2D eigenvalue weighted by molar-refractivity contribution is 5.84. The summed E-state index contributed by atoms with van der Waals surface area (Å²) in [5.74, 6) is 1.15. The Morgan fingerprint density at radius 2 is 1.74 bits per heavy atom. The van der Waals surface area contributed by atoms with E-state index < -0.39 is 0 Å². The van der Waals surface area contributed by atoms with Crippen LogP contribution in [0.4, 0.5) is 4.39 Å². The Kier molecular flexibility index (Phi) is 4.97. The SMILES string of the molecule is NCC(=CF)COc1ccc(C23CCC(C(=O)N4CCC4)(CC2)CC3)cc1. The fraction of sp³-hybridized carbons (Fsp3) is 0.591. The van der Waals surface area contributed by atoms with Gasteiger partial charge in [-0.15, -0.1) is 0 Å². The first-order chi connectivity index (χ1) is 13.1. The summed E-state index contributed by atoms with van der Waals surface area (Å²) >= 11 is 0. The highest BCUT2D eigenvalue weighted by Gasteiger charge is 2.54. The van der Waals surface area contributed by atoms with Gasteiger partial charge < -0.3 is 15.4 Å². The van der Waals surface area contributed by atoms with Crippen molar-refractivity contribution in [1.29, 1.82) is 0 Å². The Morgan fingerprint density at radius 1 is 1.11 bits per heavy atom. The van der Waals surface area contributed by atoms with Gasteiger partial charge in [-0.25, -0.2) is 4.39 Å². The monoisotopic (exact) mass is 372 g/mol. The molecule has 5 rings (SSSR count). The molecule has 146 valence electrons. The van der Waals surface area contributed by atoms with Gasteiger partial charge in [0.2, 0.25) is 5.91 Å². The van der Waals surface area contributed by atoms with E-state index in [9.17, 15) is 9.18 Å². The third kappa shape index (κ3) is 3.27. The molecular weight excluding hydrogens is 343 g/mol. The molecule has 4 aliphatic rings. The van der Waals surface area contributed by atoms with Gasteiger partial charge in [0.1, 0.15) is 12.4 Å². The number of fused-ring (bicyclic) bond motifs is 3. The van der Waals surface area contributed by atoms with Crippen molar-refractivity contribution in [1.82, 2.24) is 4.90 Å². The van der Waals surface area contributed by atoms with Crippen LogP contribution in [-0.2, 0) is 10.2 Å². The van der Waals surface area contributed by atoms with Crippen LogP contribution >= 0.6 is 0 Å². The van der Waals surface area contributed by atoms with E-state index in [1.54, 1.807) is 0 Å². The number of amides is 1. The van der Waals surface area contributed by atoms with Gasteiger partial charge in [-0.05, 0) is 68.1 Å². The molecule has 2 bridgehead atoms. The van der Waals surface area contributed by atoms with E-state index in [0.717, 1.165) is 63.8 Å². The third-order valence-electron chi connectivity index (χ3n) is 7.15. The van der Waals surface area contributed by atoms with Crippen molar-refractivity contribution in [2.75, 3.05) is 26.2 Å². The molecule has 1 saturated heterocycles. The van der Waals surface area contributed by atoms with E-state index in [0.29, 0.717) is 17.8 Å². The fourth-order valence-corrected chi connectivity index (χ4v) is 5.01. The number of likely N-dealkylation sites (tertiary alicyclic amines) is 1. The lowest BCUT2D eigenvalue weighted by atomic mass is 9.51. The predicted octanol–water partition coefficient (Wildman–Crippen LogP) is 3.70. The zero-order chi connectivity index (χ0) is 18.9. The van der Waals surface area contributed by atoms with Crippen LogP contribution < -0.4 is 10.5 Å².